The Morgan fingerprint density at radius 1 is 0.585 bits per heavy atom. The Bertz CT molecular complexity index is 1760. The molecule has 0 aliphatic heterocycles. The number of rotatable bonds is 16. The molecule has 0 amide bonds. The first-order valence-electron chi connectivity index (χ1n) is 21.6. The van der Waals surface area contributed by atoms with Crippen molar-refractivity contribution in [3.8, 4) is 0 Å². The van der Waals surface area contributed by atoms with E-state index in [2.05, 4.69) is 53.5 Å². The summed E-state index contributed by atoms with van der Waals surface area (Å²) in [5, 5.41) is 2.18. The van der Waals surface area contributed by atoms with Gasteiger partial charge < -0.3 is 13.9 Å². The fourth-order valence-electron chi connectivity index (χ4n) is 11.0. The zero-order valence-electron chi connectivity index (χ0n) is 33.9. The summed E-state index contributed by atoms with van der Waals surface area (Å²) in [6.07, 6.45) is 10.1. The van der Waals surface area contributed by atoms with E-state index < -0.39 is 28.3 Å². The summed E-state index contributed by atoms with van der Waals surface area (Å²) in [5.41, 5.74) is 0.659. The zero-order chi connectivity index (χ0) is 37.2. The van der Waals surface area contributed by atoms with Crippen LogP contribution in [0.4, 0.5) is 0 Å². The van der Waals surface area contributed by atoms with E-state index in [4.69, 9.17) is 13.9 Å². The smallest absolute Gasteiger partial charge is 0.339 e. The van der Waals surface area contributed by atoms with E-state index >= 15 is 0 Å². The van der Waals surface area contributed by atoms with Crippen LogP contribution in [0, 0.1) is 82.9 Å². The summed E-state index contributed by atoms with van der Waals surface area (Å²) in [5.74, 6) is 12.4. The van der Waals surface area contributed by atoms with Crippen LogP contribution in [-0.4, -0.2) is 48.2 Å². The summed E-state index contributed by atoms with van der Waals surface area (Å²) < 4.78 is 18.2. The Morgan fingerprint density at radius 3 is 1.40 bits per heavy atom. The van der Waals surface area contributed by atoms with E-state index in [1.807, 2.05) is 30.3 Å². The molecule has 0 N–H and O–H groups in total. The summed E-state index contributed by atoms with van der Waals surface area (Å²) in [6.45, 7) is 20.6. The highest BCUT2D eigenvalue weighted by molar-refractivity contribution is 6.76. The van der Waals surface area contributed by atoms with Gasteiger partial charge in [0.15, 0.2) is 8.32 Å². The second-order valence-corrected chi connectivity index (χ2v) is 32.4. The predicted molar refractivity (Wildman–Crippen MR) is 217 cm³/mol. The van der Waals surface area contributed by atoms with Crippen molar-refractivity contribution in [2.45, 2.75) is 110 Å². The van der Waals surface area contributed by atoms with E-state index in [0.717, 1.165) is 100 Å². The highest BCUT2D eigenvalue weighted by Gasteiger charge is 2.68. The number of carbonyl (C=O) groups excluding carboxylic acids is 2. The molecule has 0 spiro atoms. The summed E-state index contributed by atoms with van der Waals surface area (Å²) in [6, 6.07) is 12.4. The minimum Gasteiger partial charge on any atom is -0.462 e. The number of hydrogen-bond donors (Lipinski definition) is 0. The van der Waals surface area contributed by atoms with E-state index in [1.54, 1.807) is 12.5 Å². The van der Waals surface area contributed by atoms with Crippen molar-refractivity contribution in [1.82, 2.24) is 0 Å². The number of fused-ring (bicyclic) bond motifs is 1. The lowest BCUT2D eigenvalue weighted by atomic mass is 10.0. The van der Waals surface area contributed by atoms with Gasteiger partial charge in [0.25, 0.3) is 0 Å². The van der Waals surface area contributed by atoms with Gasteiger partial charge in [-0.05, 0) is 175 Å². The summed E-state index contributed by atoms with van der Waals surface area (Å²) in [7, 11) is -2.96. The SMILES string of the molecule is CC(C)(C)[Si](C)(C)OC[C@@H]1C[C@H]1[C@@H]1C[C@H]1[C@@H]1C[C@H]1[C@@H]1C[C@H]1[C@@H]1C[C@H]1[C@@H]1C[C@H]1[C@@H]1C[C@H]1COC(=O)c1cc2ccccc2cc1C(=O)OCC[Si](C)(C)C. The maximum Gasteiger partial charge on any atom is 0.339 e. The normalized spacial score (nSPS) is 39.3. The molecule has 0 aromatic heterocycles. The van der Waals surface area contributed by atoms with Crippen LogP contribution in [0.1, 0.15) is 86.4 Å². The van der Waals surface area contributed by atoms with Crippen LogP contribution in [0.2, 0.25) is 43.8 Å². The number of esters is 2. The van der Waals surface area contributed by atoms with Gasteiger partial charge in [0.2, 0.25) is 0 Å². The molecule has 0 radical (unpaired) electrons. The van der Waals surface area contributed by atoms with Gasteiger partial charge in [-0.3, -0.25) is 0 Å². The number of carbonyl (C=O) groups is 2. The van der Waals surface area contributed by atoms with Crippen LogP contribution in [0.15, 0.2) is 36.4 Å². The average Bonchev–Trinajstić information content (AvgIpc) is 3.84. The van der Waals surface area contributed by atoms with E-state index in [1.165, 1.54) is 38.5 Å². The van der Waals surface area contributed by atoms with Gasteiger partial charge in [0.1, 0.15) is 0 Å². The van der Waals surface area contributed by atoms with Gasteiger partial charge in [-0.1, -0.05) is 64.7 Å². The lowest BCUT2D eigenvalue weighted by Gasteiger charge is -2.36. The van der Waals surface area contributed by atoms with Crippen molar-refractivity contribution in [1.29, 1.82) is 0 Å². The second kappa shape index (κ2) is 13.0. The second-order valence-electron chi connectivity index (χ2n) is 22.0. The van der Waals surface area contributed by atoms with Crippen molar-refractivity contribution in [2.24, 2.45) is 82.9 Å². The molecule has 2 aromatic carbocycles. The van der Waals surface area contributed by atoms with Crippen molar-refractivity contribution in [2.75, 3.05) is 19.8 Å². The van der Waals surface area contributed by atoms with E-state index in [-0.39, 0.29) is 0 Å². The molecule has 5 nitrogen and oxygen atoms in total. The Labute approximate surface area is 321 Å². The largest absolute Gasteiger partial charge is 0.462 e. The zero-order valence-corrected chi connectivity index (χ0v) is 35.9. The number of hydrogen-bond acceptors (Lipinski definition) is 5. The lowest BCUT2D eigenvalue weighted by Crippen LogP contribution is -2.41. The summed E-state index contributed by atoms with van der Waals surface area (Å²) >= 11 is 0. The van der Waals surface area contributed by atoms with Gasteiger partial charge in [0, 0.05) is 14.7 Å². The molecule has 2 aromatic rings. The average molecular weight is 755 g/mol. The molecule has 0 heterocycles. The first-order valence-corrected chi connectivity index (χ1v) is 28.2. The third-order valence-corrected chi connectivity index (χ3v) is 22.2. The van der Waals surface area contributed by atoms with Crippen LogP contribution in [0.5, 0.6) is 0 Å². The third-order valence-electron chi connectivity index (χ3n) is 16.0. The lowest BCUT2D eigenvalue weighted by molar-refractivity contribution is 0.0449. The van der Waals surface area contributed by atoms with Crippen LogP contribution in [0.3, 0.4) is 0 Å². The fourth-order valence-corrected chi connectivity index (χ4v) is 12.8. The number of ether oxygens (including phenoxy) is 2. The maximum atomic E-state index is 13.5. The molecule has 7 heteroatoms. The monoisotopic (exact) mass is 754 g/mol. The molecular formula is C46H66O5Si2. The van der Waals surface area contributed by atoms with E-state index in [0.29, 0.717) is 35.3 Å². The van der Waals surface area contributed by atoms with Crippen molar-refractivity contribution < 1.29 is 23.5 Å². The van der Waals surface area contributed by atoms with Crippen LogP contribution in [0.25, 0.3) is 10.8 Å². The van der Waals surface area contributed by atoms with Gasteiger partial charge in [-0.15, -0.1) is 0 Å². The molecule has 288 valence electrons. The first-order chi connectivity index (χ1) is 25.1. The van der Waals surface area contributed by atoms with Crippen molar-refractivity contribution in [3.05, 3.63) is 47.5 Å². The van der Waals surface area contributed by atoms with Gasteiger partial charge in [-0.25, -0.2) is 9.59 Å². The van der Waals surface area contributed by atoms with Gasteiger partial charge in [0.05, 0.1) is 24.3 Å². The minimum atomic E-state index is -1.62. The molecule has 0 saturated heterocycles. The highest BCUT2D eigenvalue weighted by Crippen LogP contribution is 2.75. The Balaban J connectivity index is 0.697. The standard InChI is InChI=1S/C46H66O5Si2/c1-46(2,3)53(7,8)51-25-29-18-31(29)33-20-35(33)37-22-39(37)41-23-40(41)38-21-36(38)34-19-32(34)30-17-28(30)24-50-45(48)43-16-27-12-10-9-11-26(27)15-42(43)44(47)49-13-14-52(4,5)6/h9-12,15-16,28-41H,13-14,17-25H2,1-8H3/t28-,29-,30+,31+,32-,33-,34+,35+,36-,37-,38+,39+,40-,41-/m0/s1. The molecule has 7 aliphatic carbocycles. The maximum absolute atomic E-state index is 13.5. The first kappa shape index (κ1) is 36.7. The molecule has 14 atom stereocenters. The molecular weight excluding hydrogens is 689 g/mol. The van der Waals surface area contributed by atoms with Crippen LogP contribution in [-0.2, 0) is 13.9 Å². The quantitative estimate of drug-likeness (QED) is 0.126. The predicted octanol–water partition coefficient (Wildman–Crippen LogP) is 11.0. The molecule has 0 bridgehead atoms. The molecule has 0 unspecified atom stereocenters. The third kappa shape index (κ3) is 7.75. The molecule has 9 rings (SSSR count). The minimum absolute atomic E-state index is 0.316. The Hall–Kier alpha value is -1.97. The van der Waals surface area contributed by atoms with Crippen LogP contribution < -0.4 is 0 Å². The molecule has 53 heavy (non-hydrogen) atoms. The van der Waals surface area contributed by atoms with Gasteiger partial charge >= 0.3 is 11.9 Å². The fraction of sp³-hybridized carbons (Fsp3) is 0.739. The number of benzene rings is 2. The molecule has 7 aliphatic rings. The topological polar surface area (TPSA) is 61.8 Å². The van der Waals surface area contributed by atoms with Gasteiger partial charge in [-0.2, -0.15) is 0 Å². The van der Waals surface area contributed by atoms with Crippen molar-refractivity contribution in [3.63, 3.8) is 0 Å². The molecule has 7 saturated carbocycles. The Kier molecular flexibility index (Phi) is 9.02. The highest BCUT2D eigenvalue weighted by atomic mass is 28.4. The summed E-state index contributed by atoms with van der Waals surface area (Å²) in [4.78, 5) is 26.7. The van der Waals surface area contributed by atoms with Crippen LogP contribution >= 0.6 is 0 Å². The molecule has 7 fully saturated rings. The van der Waals surface area contributed by atoms with E-state index in [9.17, 15) is 9.59 Å². The van der Waals surface area contributed by atoms with Crippen molar-refractivity contribution >= 4 is 39.1 Å². The Morgan fingerprint density at radius 2 is 0.981 bits per heavy atom.